The van der Waals surface area contributed by atoms with Crippen LogP contribution >= 0.6 is 11.8 Å². The van der Waals surface area contributed by atoms with E-state index in [0.29, 0.717) is 12.0 Å². The van der Waals surface area contributed by atoms with Gasteiger partial charge in [-0.25, -0.2) is 8.78 Å². The third-order valence-electron chi connectivity index (χ3n) is 2.24. The average molecular weight is 246 g/mol. The molecule has 0 fully saturated rings. The van der Waals surface area contributed by atoms with E-state index in [0.717, 1.165) is 17.6 Å². The molecule has 0 radical (unpaired) electrons. The summed E-state index contributed by atoms with van der Waals surface area (Å²) in [5.41, 5.74) is 3.13. The normalized spacial score (nSPS) is 12.8. The first-order chi connectivity index (χ1) is 7.67. The minimum Gasteiger partial charge on any atom is -0.271 e. The quantitative estimate of drug-likeness (QED) is 0.596. The van der Waals surface area contributed by atoms with Crippen LogP contribution in [0, 0.1) is 11.6 Å². The Morgan fingerprint density at radius 1 is 1.44 bits per heavy atom. The maximum Gasteiger partial charge on any atom is 0.129 e. The Kier molecular flexibility index (Phi) is 5.73. The summed E-state index contributed by atoms with van der Waals surface area (Å²) in [5.74, 6) is 6.11. The van der Waals surface area contributed by atoms with E-state index in [4.69, 9.17) is 5.84 Å². The van der Waals surface area contributed by atoms with E-state index in [1.807, 2.05) is 0 Å². The van der Waals surface area contributed by atoms with Crippen molar-refractivity contribution in [1.29, 1.82) is 0 Å². The van der Waals surface area contributed by atoms with Gasteiger partial charge in [-0.3, -0.25) is 11.3 Å². The van der Waals surface area contributed by atoms with Gasteiger partial charge >= 0.3 is 0 Å². The van der Waals surface area contributed by atoms with Gasteiger partial charge in [0.05, 0.1) is 0 Å². The van der Waals surface area contributed by atoms with Crippen molar-refractivity contribution < 1.29 is 8.78 Å². The highest BCUT2D eigenvalue weighted by Gasteiger charge is 2.11. The predicted octanol–water partition coefficient (Wildman–Crippen LogP) is 2.09. The molecule has 0 aliphatic rings. The molecule has 16 heavy (non-hydrogen) atoms. The highest BCUT2D eigenvalue weighted by Crippen LogP contribution is 2.13. The fraction of sp³-hybridized carbons (Fsp3) is 0.455. The van der Waals surface area contributed by atoms with Gasteiger partial charge < -0.3 is 0 Å². The number of nitrogens with one attached hydrogen (secondary N) is 1. The van der Waals surface area contributed by atoms with Crippen LogP contribution in [0.25, 0.3) is 0 Å². The molecule has 0 spiro atoms. The Hall–Kier alpha value is -0.650. The van der Waals surface area contributed by atoms with Crippen LogP contribution < -0.4 is 11.3 Å². The van der Waals surface area contributed by atoms with Crippen molar-refractivity contribution in [2.75, 3.05) is 11.5 Å². The first-order valence-corrected chi connectivity index (χ1v) is 6.30. The number of nitrogens with two attached hydrogens (primary N) is 1. The van der Waals surface area contributed by atoms with Crippen LogP contribution in [0.4, 0.5) is 8.78 Å². The van der Waals surface area contributed by atoms with E-state index in [1.165, 1.54) is 12.1 Å². The summed E-state index contributed by atoms with van der Waals surface area (Å²) in [6.45, 7) is 2.05. The number of halogens is 2. The average Bonchev–Trinajstić information content (AvgIpc) is 2.27. The van der Waals surface area contributed by atoms with Crippen molar-refractivity contribution in [1.82, 2.24) is 5.43 Å². The standard InChI is InChI=1S/C11H16F2N2S/c1-2-16-7-10(15-14)5-8-3-4-9(12)6-11(8)13/h3-4,6,10,15H,2,5,7,14H2,1H3. The Balaban J connectivity index is 2.62. The zero-order chi connectivity index (χ0) is 12.0. The Bertz CT molecular complexity index is 334. The van der Waals surface area contributed by atoms with Gasteiger partial charge in [0.2, 0.25) is 0 Å². The van der Waals surface area contributed by atoms with E-state index < -0.39 is 11.6 Å². The van der Waals surface area contributed by atoms with Crippen molar-refractivity contribution in [3.8, 4) is 0 Å². The van der Waals surface area contributed by atoms with E-state index >= 15 is 0 Å². The molecule has 1 rings (SSSR count). The SMILES string of the molecule is CCSCC(Cc1ccc(F)cc1F)NN. The molecule has 0 saturated carbocycles. The summed E-state index contributed by atoms with van der Waals surface area (Å²) in [4.78, 5) is 0. The number of hydrazine groups is 1. The van der Waals surface area contributed by atoms with Crippen LogP contribution in [-0.2, 0) is 6.42 Å². The number of rotatable bonds is 6. The maximum atomic E-state index is 13.4. The minimum atomic E-state index is -0.554. The second-order valence-corrected chi connectivity index (χ2v) is 4.78. The Morgan fingerprint density at radius 3 is 2.75 bits per heavy atom. The van der Waals surface area contributed by atoms with Crippen LogP contribution in [-0.4, -0.2) is 17.5 Å². The van der Waals surface area contributed by atoms with Crippen LogP contribution in [0.3, 0.4) is 0 Å². The lowest BCUT2D eigenvalue weighted by molar-refractivity contribution is 0.536. The van der Waals surface area contributed by atoms with Gasteiger partial charge in [0.25, 0.3) is 0 Å². The molecular formula is C11H16F2N2S. The summed E-state index contributed by atoms with van der Waals surface area (Å²) in [7, 11) is 0. The minimum absolute atomic E-state index is 0.00455. The lowest BCUT2D eigenvalue weighted by Crippen LogP contribution is -2.39. The first kappa shape index (κ1) is 13.4. The zero-order valence-electron chi connectivity index (χ0n) is 9.17. The number of hydrogen-bond donors (Lipinski definition) is 2. The smallest absolute Gasteiger partial charge is 0.129 e. The van der Waals surface area contributed by atoms with E-state index in [-0.39, 0.29) is 6.04 Å². The largest absolute Gasteiger partial charge is 0.271 e. The molecule has 1 unspecified atom stereocenters. The monoisotopic (exact) mass is 246 g/mol. The summed E-state index contributed by atoms with van der Waals surface area (Å²) >= 11 is 1.73. The molecule has 5 heteroatoms. The van der Waals surface area contributed by atoms with Crippen LogP contribution in [0.2, 0.25) is 0 Å². The summed E-state index contributed by atoms with van der Waals surface area (Å²) in [5, 5.41) is 0. The molecule has 0 aliphatic heterocycles. The van der Waals surface area contributed by atoms with Crippen LogP contribution in [0.1, 0.15) is 12.5 Å². The topological polar surface area (TPSA) is 38.0 Å². The molecule has 1 aromatic rings. The summed E-state index contributed by atoms with van der Waals surface area (Å²) < 4.78 is 26.0. The fourth-order valence-corrected chi connectivity index (χ4v) is 2.11. The summed E-state index contributed by atoms with van der Waals surface area (Å²) in [6, 6.07) is 3.63. The molecule has 0 amide bonds. The highest BCUT2D eigenvalue weighted by atomic mass is 32.2. The highest BCUT2D eigenvalue weighted by molar-refractivity contribution is 7.99. The van der Waals surface area contributed by atoms with Gasteiger partial charge in [-0.15, -0.1) is 0 Å². The van der Waals surface area contributed by atoms with Crippen LogP contribution in [0.5, 0.6) is 0 Å². The van der Waals surface area contributed by atoms with Crippen molar-refractivity contribution in [2.24, 2.45) is 5.84 Å². The zero-order valence-corrected chi connectivity index (χ0v) is 9.99. The molecule has 0 aliphatic carbocycles. The van der Waals surface area contributed by atoms with Crippen molar-refractivity contribution in [3.63, 3.8) is 0 Å². The van der Waals surface area contributed by atoms with Gasteiger partial charge in [-0.1, -0.05) is 13.0 Å². The molecule has 0 heterocycles. The van der Waals surface area contributed by atoms with Crippen LogP contribution in [0.15, 0.2) is 18.2 Å². The molecule has 1 atom stereocenters. The fourth-order valence-electron chi connectivity index (χ4n) is 1.38. The lowest BCUT2D eigenvalue weighted by Gasteiger charge is -2.15. The third kappa shape index (κ3) is 4.08. The number of benzene rings is 1. The first-order valence-electron chi connectivity index (χ1n) is 5.15. The maximum absolute atomic E-state index is 13.4. The van der Waals surface area contributed by atoms with Crippen molar-refractivity contribution in [2.45, 2.75) is 19.4 Å². The molecule has 90 valence electrons. The second-order valence-electron chi connectivity index (χ2n) is 3.46. The van der Waals surface area contributed by atoms with Crippen molar-refractivity contribution >= 4 is 11.8 Å². The molecule has 1 aromatic carbocycles. The Labute approximate surface area is 98.6 Å². The van der Waals surface area contributed by atoms with Gasteiger partial charge in [-0.05, 0) is 23.8 Å². The van der Waals surface area contributed by atoms with E-state index in [2.05, 4.69) is 12.3 Å². The summed E-state index contributed by atoms with van der Waals surface area (Å²) in [6.07, 6.45) is 0.468. The third-order valence-corrected chi connectivity index (χ3v) is 3.29. The molecule has 0 saturated heterocycles. The lowest BCUT2D eigenvalue weighted by atomic mass is 10.1. The molecule has 0 bridgehead atoms. The van der Waals surface area contributed by atoms with E-state index in [1.54, 1.807) is 11.8 Å². The van der Waals surface area contributed by atoms with Gasteiger partial charge in [-0.2, -0.15) is 11.8 Å². The second kappa shape index (κ2) is 6.83. The molecule has 2 nitrogen and oxygen atoms in total. The van der Waals surface area contributed by atoms with Gasteiger partial charge in [0.1, 0.15) is 11.6 Å². The van der Waals surface area contributed by atoms with Gasteiger partial charge in [0.15, 0.2) is 0 Å². The number of thioether (sulfide) groups is 1. The Morgan fingerprint density at radius 2 is 2.19 bits per heavy atom. The molecular weight excluding hydrogens is 230 g/mol. The number of hydrogen-bond acceptors (Lipinski definition) is 3. The van der Waals surface area contributed by atoms with Crippen molar-refractivity contribution in [3.05, 3.63) is 35.4 Å². The van der Waals surface area contributed by atoms with Gasteiger partial charge in [0, 0.05) is 17.9 Å². The molecule has 3 N–H and O–H groups in total. The molecule has 0 aromatic heterocycles. The van der Waals surface area contributed by atoms with E-state index in [9.17, 15) is 8.78 Å². The predicted molar refractivity (Wildman–Crippen MR) is 64.2 cm³/mol.